The number of methoxy groups -OCH3 is 1. The van der Waals surface area contributed by atoms with Crippen molar-refractivity contribution in [3.63, 3.8) is 0 Å². The van der Waals surface area contributed by atoms with Gasteiger partial charge in [0.1, 0.15) is 10.6 Å². The van der Waals surface area contributed by atoms with E-state index in [9.17, 15) is 14.1 Å². The molecule has 0 spiro atoms. The summed E-state index contributed by atoms with van der Waals surface area (Å²) in [5.74, 6) is -1.92. The number of benzene rings is 2. The largest absolute Gasteiger partial charge is 0.496 e. The number of carbonyl (C=O) groups is 2. The number of anilines is 1. The van der Waals surface area contributed by atoms with Crippen LogP contribution in [0.1, 0.15) is 20.0 Å². The normalized spacial score (nSPS) is 10.4. The predicted molar refractivity (Wildman–Crippen MR) is 97.6 cm³/mol. The van der Waals surface area contributed by atoms with Crippen molar-refractivity contribution in [2.45, 2.75) is 0 Å². The summed E-state index contributed by atoms with van der Waals surface area (Å²) in [6.45, 7) is 0. The summed E-state index contributed by atoms with van der Waals surface area (Å²) in [6.07, 6.45) is 0. The first-order valence-electron chi connectivity index (χ1n) is 7.57. The lowest BCUT2D eigenvalue weighted by molar-refractivity contribution is 0.0696. The zero-order valence-corrected chi connectivity index (χ0v) is 14.5. The van der Waals surface area contributed by atoms with E-state index in [0.717, 1.165) is 22.5 Å². The van der Waals surface area contributed by atoms with E-state index < -0.39 is 11.9 Å². The molecule has 3 aromatic rings. The number of amides is 1. The molecular formula is C19H14FNO4S. The summed E-state index contributed by atoms with van der Waals surface area (Å²) in [5.41, 5.74) is 1.39. The van der Waals surface area contributed by atoms with Crippen LogP contribution in [0.4, 0.5) is 10.2 Å². The van der Waals surface area contributed by atoms with Crippen molar-refractivity contribution >= 4 is 28.9 Å². The first kappa shape index (κ1) is 17.6. The molecule has 1 heterocycles. The highest BCUT2D eigenvalue weighted by Crippen LogP contribution is 2.34. The Morgan fingerprint density at radius 1 is 1.12 bits per heavy atom. The Kier molecular flexibility index (Phi) is 4.99. The molecule has 5 nitrogen and oxygen atoms in total. The van der Waals surface area contributed by atoms with Gasteiger partial charge in [-0.25, -0.2) is 4.79 Å². The van der Waals surface area contributed by atoms with Crippen LogP contribution in [0.15, 0.2) is 60.0 Å². The molecule has 0 atom stereocenters. The smallest absolute Gasteiger partial charge is 0.346 e. The van der Waals surface area contributed by atoms with Crippen LogP contribution in [0.2, 0.25) is 0 Å². The molecule has 0 fully saturated rings. The Balaban J connectivity index is 1.95. The summed E-state index contributed by atoms with van der Waals surface area (Å²) in [6, 6.07) is 15.2. The van der Waals surface area contributed by atoms with Gasteiger partial charge in [-0.15, -0.1) is 16.5 Å². The van der Waals surface area contributed by atoms with Gasteiger partial charge in [0.2, 0.25) is 0 Å². The summed E-state index contributed by atoms with van der Waals surface area (Å²) in [4.78, 5) is 23.3. The van der Waals surface area contributed by atoms with Gasteiger partial charge >= 0.3 is 5.97 Å². The first-order valence-corrected chi connectivity index (χ1v) is 8.45. The summed E-state index contributed by atoms with van der Waals surface area (Å²) < 4.78 is 20.0. The Morgan fingerprint density at radius 2 is 1.85 bits per heavy atom. The number of hydrogen-bond donors (Lipinski definition) is 1. The molecule has 0 saturated heterocycles. The van der Waals surface area contributed by atoms with Crippen LogP contribution in [0.3, 0.4) is 0 Å². The molecule has 0 radical (unpaired) electrons. The predicted octanol–water partition coefficient (Wildman–Crippen LogP) is 4.65. The summed E-state index contributed by atoms with van der Waals surface area (Å²) in [7, 11) is 1.46. The fourth-order valence-corrected chi connectivity index (χ4v) is 3.25. The fourth-order valence-electron chi connectivity index (χ4n) is 2.52. The van der Waals surface area contributed by atoms with E-state index in [2.05, 4.69) is 0 Å². The van der Waals surface area contributed by atoms with Gasteiger partial charge in [-0.2, -0.15) is 0 Å². The maximum atomic E-state index is 14.6. The minimum Gasteiger partial charge on any atom is -0.496 e. The van der Waals surface area contributed by atoms with E-state index in [1.165, 1.54) is 30.7 Å². The molecule has 7 heteroatoms. The number of ether oxygens (including phenoxy) is 1. The number of hydrogen-bond acceptors (Lipinski definition) is 4. The zero-order chi connectivity index (χ0) is 18.7. The lowest BCUT2D eigenvalue weighted by Crippen LogP contribution is -2.23. The van der Waals surface area contributed by atoms with Crippen molar-refractivity contribution in [1.82, 2.24) is 0 Å². The lowest BCUT2D eigenvalue weighted by Gasteiger charge is -2.15. The molecule has 0 saturated carbocycles. The number of carboxylic acids is 1. The molecule has 1 amide bonds. The number of carbonyl (C=O) groups excluding carboxylic acids is 1. The molecule has 132 valence electrons. The molecule has 0 unspecified atom stereocenters. The average Bonchev–Trinajstić information content (AvgIpc) is 3.17. The highest BCUT2D eigenvalue weighted by Gasteiger charge is 2.25. The zero-order valence-electron chi connectivity index (χ0n) is 13.7. The van der Waals surface area contributed by atoms with Crippen molar-refractivity contribution in [2.75, 3.05) is 12.2 Å². The van der Waals surface area contributed by atoms with Crippen molar-refractivity contribution in [1.29, 1.82) is 0 Å². The van der Waals surface area contributed by atoms with E-state index >= 15 is 0 Å². The molecule has 2 aromatic carbocycles. The van der Waals surface area contributed by atoms with Gasteiger partial charge in [0, 0.05) is 11.6 Å². The summed E-state index contributed by atoms with van der Waals surface area (Å²) >= 11 is 0.868. The van der Waals surface area contributed by atoms with E-state index in [1.807, 2.05) is 30.3 Å². The van der Waals surface area contributed by atoms with Gasteiger partial charge in [-0.1, -0.05) is 34.8 Å². The molecule has 1 N–H and O–H groups in total. The topological polar surface area (TPSA) is 66.8 Å². The fraction of sp³-hybridized carbons (Fsp3) is 0.0526. The standard InChI is InChI=1S/C19H14FNO4S/c1-25-16-11-13(7-8-14(16)12-5-3-2-4-6-12)21(20)18(22)15-9-10-26-17(15)19(23)24/h2-11H,1H3,(H,23,24). The quantitative estimate of drug-likeness (QED) is 0.663. The Hall–Kier alpha value is -3.19. The molecular weight excluding hydrogens is 357 g/mol. The number of nitrogens with zero attached hydrogens (tertiary/aromatic N) is 1. The molecule has 26 heavy (non-hydrogen) atoms. The number of thiophene rings is 1. The third-order valence-corrected chi connectivity index (χ3v) is 4.67. The van der Waals surface area contributed by atoms with Gasteiger partial charge in [0.15, 0.2) is 0 Å². The third kappa shape index (κ3) is 3.29. The number of aromatic carboxylic acids is 1. The van der Waals surface area contributed by atoms with E-state index in [4.69, 9.17) is 9.84 Å². The molecule has 1 aromatic heterocycles. The van der Waals surface area contributed by atoms with E-state index in [1.54, 1.807) is 6.07 Å². The van der Waals surface area contributed by atoms with Gasteiger partial charge in [0.05, 0.1) is 18.4 Å². The Morgan fingerprint density at radius 3 is 2.50 bits per heavy atom. The van der Waals surface area contributed by atoms with E-state index in [0.29, 0.717) is 5.75 Å². The maximum Gasteiger partial charge on any atom is 0.346 e. The monoisotopic (exact) mass is 371 g/mol. The Labute approximate surface area is 152 Å². The molecule has 0 aliphatic rings. The maximum absolute atomic E-state index is 14.6. The molecule has 0 bridgehead atoms. The van der Waals surface area contributed by atoms with Crippen LogP contribution < -0.4 is 9.86 Å². The van der Waals surface area contributed by atoms with Gasteiger partial charge in [0.25, 0.3) is 5.91 Å². The minimum absolute atomic E-state index is 0.0472. The molecule has 0 aliphatic carbocycles. The SMILES string of the molecule is COc1cc(N(F)C(=O)c2ccsc2C(=O)O)ccc1-c1ccccc1. The number of halogens is 1. The second kappa shape index (κ2) is 7.37. The lowest BCUT2D eigenvalue weighted by atomic mass is 10.0. The third-order valence-electron chi connectivity index (χ3n) is 3.76. The second-order valence-electron chi connectivity index (χ2n) is 5.31. The van der Waals surface area contributed by atoms with Crippen molar-refractivity contribution in [3.05, 3.63) is 70.4 Å². The highest BCUT2D eigenvalue weighted by molar-refractivity contribution is 7.12. The van der Waals surface area contributed by atoms with Crippen LogP contribution in [0, 0.1) is 0 Å². The van der Waals surface area contributed by atoms with Gasteiger partial charge in [-0.3, -0.25) is 4.79 Å². The van der Waals surface area contributed by atoms with Crippen LogP contribution in [0.25, 0.3) is 11.1 Å². The average molecular weight is 371 g/mol. The Bertz CT molecular complexity index is 955. The van der Waals surface area contributed by atoms with Crippen LogP contribution in [0.5, 0.6) is 5.75 Å². The highest BCUT2D eigenvalue weighted by atomic mass is 32.1. The molecule has 0 aliphatic heterocycles. The summed E-state index contributed by atoms with van der Waals surface area (Å²) in [5, 5.41) is 10.5. The first-order chi connectivity index (χ1) is 12.5. The van der Waals surface area contributed by atoms with Crippen LogP contribution in [-0.4, -0.2) is 24.1 Å². The van der Waals surface area contributed by atoms with E-state index in [-0.39, 0.29) is 21.3 Å². The van der Waals surface area contributed by atoms with Crippen LogP contribution in [-0.2, 0) is 0 Å². The van der Waals surface area contributed by atoms with Crippen LogP contribution >= 0.6 is 11.3 Å². The van der Waals surface area contributed by atoms with Crippen molar-refractivity contribution in [3.8, 4) is 16.9 Å². The molecule has 3 rings (SSSR count). The van der Waals surface area contributed by atoms with Gasteiger partial charge in [-0.05, 0) is 29.1 Å². The minimum atomic E-state index is -1.27. The number of rotatable bonds is 5. The number of carboxylic acid groups (broad SMARTS) is 1. The van der Waals surface area contributed by atoms with Gasteiger partial charge < -0.3 is 9.84 Å². The van der Waals surface area contributed by atoms with Crippen molar-refractivity contribution in [2.24, 2.45) is 0 Å². The van der Waals surface area contributed by atoms with Crippen molar-refractivity contribution < 1.29 is 23.9 Å². The second-order valence-corrected chi connectivity index (χ2v) is 6.22.